The summed E-state index contributed by atoms with van der Waals surface area (Å²) in [5, 5.41) is 11.5. The molecule has 5 nitrogen and oxygen atoms in total. The van der Waals surface area contributed by atoms with Gasteiger partial charge in [-0.2, -0.15) is 5.10 Å². The van der Waals surface area contributed by atoms with Crippen LogP contribution in [0.2, 0.25) is 0 Å². The Morgan fingerprint density at radius 3 is 2.70 bits per heavy atom. The average molecular weight is 381 g/mol. The van der Waals surface area contributed by atoms with Crippen molar-refractivity contribution in [3.8, 4) is 10.4 Å². The number of amides is 1. The van der Waals surface area contributed by atoms with Crippen LogP contribution in [-0.2, 0) is 0 Å². The van der Waals surface area contributed by atoms with Crippen molar-refractivity contribution in [2.75, 3.05) is 7.05 Å². The molecule has 2 aliphatic rings. The predicted octanol–water partition coefficient (Wildman–Crippen LogP) is 3.95. The molecule has 0 aliphatic carbocycles. The van der Waals surface area contributed by atoms with E-state index in [4.69, 9.17) is 0 Å². The summed E-state index contributed by atoms with van der Waals surface area (Å²) in [5.41, 5.74) is 2.57. The minimum absolute atomic E-state index is 0.0603. The second kappa shape index (κ2) is 6.46. The Morgan fingerprint density at radius 2 is 2.00 bits per heavy atom. The normalized spacial score (nSPS) is 25.2. The molecule has 2 aliphatic heterocycles. The molecule has 2 saturated heterocycles. The fourth-order valence-electron chi connectivity index (χ4n) is 4.72. The third-order valence-electron chi connectivity index (χ3n) is 6.24. The Morgan fingerprint density at radius 1 is 1.22 bits per heavy atom. The van der Waals surface area contributed by atoms with Gasteiger partial charge in [0.05, 0.1) is 5.52 Å². The molecule has 3 aromatic rings. The number of nitrogens with one attached hydrogen (secondary N) is 2. The zero-order valence-electron chi connectivity index (χ0n) is 15.7. The maximum atomic E-state index is 12.9. The number of carbonyl (C=O) groups excluding carboxylic acids is 1. The summed E-state index contributed by atoms with van der Waals surface area (Å²) >= 11 is 1.77. The molecule has 1 aromatic carbocycles. The molecular formula is C21H24N4OS. The number of aromatic amines is 1. The highest BCUT2D eigenvalue weighted by atomic mass is 32.1. The minimum Gasteiger partial charge on any atom is -0.348 e. The van der Waals surface area contributed by atoms with Gasteiger partial charge in [0.25, 0.3) is 5.91 Å². The van der Waals surface area contributed by atoms with E-state index in [2.05, 4.69) is 58.7 Å². The highest BCUT2D eigenvalue weighted by Gasteiger charge is 2.39. The molecule has 140 valence electrons. The molecule has 0 radical (unpaired) electrons. The number of aromatic nitrogens is 2. The van der Waals surface area contributed by atoms with E-state index < -0.39 is 0 Å². The maximum Gasteiger partial charge on any atom is 0.272 e. The summed E-state index contributed by atoms with van der Waals surface area (Å²) in [6.45, 7) is 2.11. The summed E-state index contributed by atoms with van der Waals surface area (Å²) in [4.78, 5) is 17.9. The Bertz CT molecular complexity index is 993. The van der Waals surface area contributed by atoms with Crippen LogP contribution in [0, 0.1) is 6.92 Å². The van der Waals surface area contributed by atoms with Gasteiger partial charge in [-0.05, 0) is 69.5 Å². The third kappa shape index (κ3) is 2.97. The summed E-state index contributed by atoms with van der Waals surface area (Å²) < 4.78 is 0. The smallest absolute Gasteiger partial charge is 0.272 e. The lowest BCUT2D eigenvalue weighted by atomic mass is 9.98. The van der Waals surface area contributed by atoms with Crippen molar-refractivity contribution in [1.82, 2.24) is 20.4 Å². The van der Waals surface area contributed by atoms with Crippen molar-refractivity contribution in [2.24, 2.45) is 0 Å². The quantitative estimate of drug-likeness (QED) is 0.723. The Balaban J connectivity index is 1.36. The number of nitrogens with zero attached hydrogens (tertiary/aromatic N) is 2. The molecule has 2 unspecified atom stereocenters. The number of hydrogen-bond acceptors (Lipinski definition) is 4. The molecule has 1 amide bonds. The van der Waals surface area contributed by atoms with Gasteiger partial charge in [-0.1, -0.05) is 6.07 Å². The van der Waals surface area contributed by atoms with E-state index in [0.29, 0.717) is 17.8 Å². The van der Waals surface area contributed by atoms with Crippen LogP contribution in [0.25, 0.3) is 21.3 Å². The second-order valence-electron chi connectivity index (χ2n) is 7.94. The van der Waals surface area contributed by atoms with E-state index in [0.717, 1.165) is 29.3 Å². The highest BCUT2D eigenvalue weighted by Crippen LogP contribution is 2.34. The molecule has 2 aromatic heterocycles. The monoisotopic (exact) mass is 380 g/mol. The molecular weight excluding hydrogens is 356 g/mol. The van der Waals surface area contributed by atoms with Gasteiger partial charge < -0.3 is 10.2 Å². The molecule has 2 fully saturated rings. The lowest BCUT2D eigenvalue weighted by Crippen LogP contribution is -2.48. The van der Waals surface area contributed by atoms with Crippen LogP contribution in [0.15, 0.2) is 30.3 Å². The minimum atomic E-state index is -0.0603. The zero-order chi connectivity index (χ0) is 18.5. The van der Waals surface area contributed by atoms with Crippen LogP contribution in [-0.4, -0.2) is 46.2 Å². The second-order valence-corrected chi connectivity index (χ2v) is 9.22. The number of aryl methyl sites for hydroxylation is 1. The first-order chi connectivity index (χ1) is 13.1. The summed E-state index contributed by atoms with van der Waals surface area (Å²) in [5.74, 6) is -0.0603. The van der Waals surface area contributed by atoms with Gasteiger partial charge in [-0.15, -0.1) is 11.3 Å². The Kier molecular flexibility index (Phi) is 4.06. The number of piperidine rings is 1. The first-order valence-electron chi connectivity index (χ1n) is 9.66. The molecule has 0 spiro atoms. The number of hydrogen-bond donors (Lipinski definition) is 2. The topological polar surface area (TPSA) is 61.0 Å². The molecule has 2 bridgehead atoms. The number of thiophene rings is 1. The molecule has 27 heavy (non-hydrogen) atoms. The van der Waals surface area contributed by atoms with Crippen molar-refractivity contribution in [2.45, 2.75) is 50.7 Å². The van der Waals surface area contributed by atoms with Crippen LogP contribution < -0.4 is 5.32 Å². The van der Waals surface area contributed by atoms with Gasteiger partial charge >= 0.3 is 0 Å². The van der Waals surface area contributed by atoms with Crippen molar-refractivity contribution in [3.05, 3.63) is 40.9 Å². The van der Waals surface area contributed by atoms with E-state index >= 15 is 0 Å². The lowest BCUT2D eigenvalue weighted by Gasteiger charge is -2.36. The van der Waals surface area contributed by atoms with Crippen molar-refractivity contribution >= 4 is 28.1 Å². The standard InChI is InChI=1S/C21H24N4OS/c1-12-3-8-19(27-12)13-4-7-17-18(9-13)23-24-20(17)21(26)22-14-10-15-5-6-16(11-14)25(15)2/h3-4,7-9,14-16H,5-6,10-11H2,1-2H3,(H,22,26)(H,23,24). The van der Waals surface area contributed by atoms with Crippen molar-refractivity contribution in [1.29, 1.82) is 0 Å². The first kappa shape index (κ1) is 17.0. The van der Waals surface area contributed by atoms with E-state index in [9.17, 15) is 4.79 Å². The van der Waals surface area contributed by atoms with Gasteiger partial charge in [-0.3, -0.25) is 9.89 Å². The largest absolute Gasteiger partial charge is 0.348 e. The summed E-state index contributed by atoms with van der Waals surface area (Å²) in [6.07, 6.45) is 4.60. The van der Waals surface area contributed by atoms with Gasteiger partial charge in [0.1, 0.15) is 0 Å². The Hall–Kier alpha value is -2.18. The fraction of sp³-hybridized carbons (Fsp3) is 0.429. The van der Waals surface area contributed by atoms with Gasteiger partial charge in [0.15, 0.2) is 5.69 Å². The van der Waals surface area contributed by atoms with Crippen LogP contribution in [0.5, 0.6) is 0 Å². The van der Waals surface area contributed by atoms with Gasteiger partial charge in [0, 0.05) is 33.3 Å². The number of rotatable bonds is 3. The number of fused-ring (bicyclic) bond motifs is 3. The number of H-pyrrole nitrogens is 1. The van der Waals surface area contributed by atoms with E-state index in [-0.39, 0.29) is 11.9 Å². The SMILES string of the molecule is Cc1ccc(-c2ccc3c(C(=O)NC4CC5CCC(C4)N5C)n[nH]c3c2)s1. The van der Waals surface area contributed by atoms with E-state index in [1.807, 2.05) is 6.07 Å². The zero-order valence-corrected chi connectivity index (χ0v) is 16.5. The lowest BCUT2D eigenvalue weighted by molar-refractivity contribution is 0.0879. The average Bonchev–Trinajstić information content (AvgIpc) is 3.31. The number of carbonyl (C=O) groups is 1. The molecule has 0 saturated carbocycles. The van der Waals surface area contributed by atoms with Crippen molar-refractivity contribution in [3.63, 3.8) is 0 Å². The summed E-state index contributed by atoms with van der Waals surface area (Å²) in [6, 6.07) is 11.9. The fourth-order valence-corrected chi connectivity index (χ4v) is 5.58. The van der Waals surface area contributed by atoms with Gasteiger partial charge in [0.2, 0.25) is 0 Å². The summed E-state index contributed by atoms with van der Waals surface area (Å²) in [7, 11) is 2.22. The molecule has 4 heterocycles. The van der Waals surface area contributed by atoms with Crippen LogP contribution >= 0.6 is 11.3 Å². The van der Waals surface area contributed by atoms with Crippen LogP contribution in [0.3, 0.4) is 0 Å². The molecule has 6 heteroatoms. The van der Waals surface area contributed by atoms with Crippen LogP contribution in [0.4, 0.5) is 0 Å². The number of benzene rings is 1. The van der Waals surface area contributed by atoms with Crippen LogP contribution in [0.1, 0.15) is 41.0 Å². The molecule has 2 atom stereocenters. The predicted molar refractivity (Wildman–Crippen MR) is 109 cm³/mol. The maximum absolute atomic E-state index is 12.9. The van der Waals surface area contributed by atoms with Crippen molar-refractivity contribution < 1.29 is 4.79 Å². The Labute approximate surface area is 162 Å². The third-order valence-corrected chi connectivity index (χ3v) is 7.29. The van der Waals surface area contributed by atoms with Gasteiger partial charge in [-0.25, -0.2) is 0 Å². The van der Waals surface area contributed by atoms with E-state index in [1.165, 1.54) is 22.6 Å². The first-order valence-corrected chi connectivity index (χ1v) is 10.5. The molecule has 5 rings (SSSR count). The van der Waals surface area contributed by atoms with E-state index in [1.54, 1.807) is 11.3 Å². The highest BCUT2D eigenvalue weighted by molar-refractivity contribution is 7.15. The molecule has 2 N–H and O–H groups in total.